The van der Waals surface area contributed by atoms with Crippen molar-refractivity contribution in [3.8, 4) is 5.75 Å². The quantitative estimate of drug-likeness (QED) is 0.362. The maximum atomic E-state index is 13.7. The Bertz CT molecular complexity index is 1480. The van der Waals surface area contributed by atoms with Gasteiger partial charge in [-0.05, 0) is 96.2 Å². The summed E-state index contributed by atoms with van der Waals surface area (Å²) in [7, 11) is 1.75. The standard InChI is InChI=1S/C29H30N2O3S/c1-29-11-9-21-20-8-6-19(33-2)14-17(20)5-7-22(21)23(29)15-24-26(29)25-27(35-24)30-16-31(28(25)32)12-10-18-4-3-13-34-18/h3-4,6,8,13-14,16,21-23H,5,7,9-12,15H2,1-2H3/t21-,22+,23-,29-/m1/s1. The average Bonchev–Trinajstić information content (AvgIpc) is 3.58. The summed E-state index contributed by atoms with van der Waals surface area (Å²) in [5.74, 6) is 3.74. The van der Waals surface area contributed by atoms with Crippen LogP contribution in [0.4, 0.5) is 0 Å². The molecule has 0 N–H and O–H groups in total. The van der Waals surface area contributed by atoms with Crippen molar-refractivity contribution in [3.05, 3.63) is 80.6 Å². The van der Waals surface area contributed by atoms with E-state index in [1.54, 1.807) is 35.6 Å². The molecule has 3 heterocycles. The molecule has 0 bridgehead atoms. The number of aromatic nitrogens is 2. The summed E-state index contributed by atoms with van der Waals surface area (Å²) in [6.07, 6.45) is 9.85. The number of methoxy groups -OCH3 is 1. The predicted molar refractivity (Wildman–Crippen MR) is 138 cm³/mol. The van der Waals surface area contributed by atoms with E-state index in [4.69, 9.17) is 14.1 Å². The third-order valence-electron chi connectivity index (χ3n) is 9.23. The van der Waals surface area contributed by atoms with Crippen LogP contribution in [0.25, 0.3) is 10.2 Å². The summed E-state index contributed by atoms with van der Waals surface area (Å²) >= 11 is 1.76. The molecule has 1 aromatic carbocycles. The lowest BCUT2D eigenvalue weighted by atomic mass is 9.55. The molecule has 0 spiro atoms. The van der Waals surface area contributed by atoms with Gasteiger partial charge in [-0.3, -0.25) is 9.36 Å². The van der Waals surface area contributed by atoms with E-state index in [9.17, 15) is 4.79 Å². The van der Waals surface area contributed by atoms with E-state index in [0.717, 1.165) is 41.0 Å². The SMILES string of the molecule is COc1ccc2c(c1)CC[C@H]1[C@@H]2CC[C@@]2(C)c3c(sc4ncn(CCc5ccco5)c(=O)c34)C[C@H]12. The van der Waals surface area contributed by atoms with Crippen LogP contribution >= 0.6 is 11.3 Å². The van der Waals surface area contributed by atoms with Crippen LogP contribution in [0, 0.1) is 11.8 Å². The molecule has 1 saturated carbocycles. The van der Waals surface area contributed by atoms with Crippen LogP contribution in [-0.2, 0) is 31.2 Å². The molecule has 4 aromatic rings. The smallest absolute Gasteiger partial charge is 0.262 e. The largest absolute Gasteiger partial charge is 0.497 e. The molecule has 1 fully saturated rings. The fourth-order valence-corrected chi connectivity index (χ4v) is 8.88. The van der Waals surface area contributed by atoms with E-state index in [1.807, 2.05) is 12.1 Å². The van der Waals surface area contributed by atoms with E-state index >= 15 is 0 Å². The van der Waals surface area contributed by atoms with Crippen molar-refractivity contribution < 1.29 is 9.15 Å². The van der Waals surface area contributed by atoms with Gasteiger partial charge >= 0.3 is 0 Å². The summed E-state index contributed by atoms with van der Waals surface area (Å²) in [4.78, 5) is 20.8. The van der Waals surface area contributed by atoms with Gasteiger partial charge in [0.05, 0.1) is 25.1 Å². The van der Waals surface area contributed by atoms with Crippen molar-refractivity contribution in [2.24, 2.45) is 11.8 Å². The van der Waals surface area contributed by atoms with E-state index in [1.165, 1.54) is 34.4 Å². The second-order valence-electron chi connectivity index (χ2n) is 10.8. The lowest BCUT2D eigenvalue weighted by molar-refractivity contribution is 0.106. The third kappa shape index (κ3) is 3.11. The Morgan fingerprint density at radius 1 is 1.29 bits per heavy atom. The number of rotatable bonds is 4. The van der Waals surface area contributed by atoms with Crippen LogP contribution in [0.1, 0.15) is 59.4 Å². The Hall–Kier alpha value is -2.86. The molecule has 0 saturated heterocycles. The zero-order valence-electron chi connectivity index (χ0n) is 20.3. The molecule has 3 aromatic heterocycles. The highest BCUT2D eigenvalue weighted by Crippen LogP contribution is 2.62. The average molecular weight is 487 g/mol. The lowest BCUT2D eigenvalue weighted by Crippen LogP contribution is -2.43. The number of hydrogen-bond acceptors (Lipinski definition) is 5. The maximum Gasteiger partial charge on any atom is 0.262 e. The molecule has 35 heavy (non-hydrogen) atoms. The van der Waals surface area contributed by atoms with Gasteiger partial charge in [-0.15, -0.1) is 11.3 Å². The molecule has 6 heteroatoms. The molecule has 3 aliphatic rings. The minimum atomic E-state index is 0.0553. The number of thiophene rings is 1. The van der Waals surface area contributed by atoms with Gasteiger partial charge in [0.2, 0.25) is 0 Å². The molecule has 0 radical (unpaired) electrons. The summed E-state index contributed by atoms with van der Waals surface area (Å²) < 4.78 is 12.8. The van der Waals surface area contributed by atoms with Gasteiger partial charge in [0.15, 0.2) is 0 Å². The number of aryl methyl sites for hydroxylation is 3. The number of ether oxygens (including phenoxy) is 1. The Balaban J connectivity index is 1.25. The van der Waals surface area contributed by atoms with Crippen molar-refractivity contribution in [3.63, 3.8) is 0 Å². The fourth-order valence-electron chi connectivity index (χ4n) is 7.56. The first kappa shape index (κ1) is 21.4. The molecular weight excluding hydrogens is 456 g/mol. The summed E-state index contributed by atoms with van der Waals surface area (Å²) in [5.41, 5.74) is 4.50. The Morgan fingerprint density at radius 2 is 2.20 bits per heavy atom. The van der Waals surface area contributed by atoms with Crippen LogP contribution in [-0.4, -0.2) is 16.7 Å². The van der Waals surface area contributed by atoms with E-state index in [-0.39, 0.29) is 11.0 Å². The van der Waals surface area contributed by atoms with Gasteiger partial charge in [-0.2, -0.15) is 0 Å². The second kappa shape index (κ2) is 7.82. The summed E-state index contributed by atoms with van der Waals surface area (Å²) in [5, 5.41) is 0.886. The summed E-state index contributed by atoms with van der Waals surface area (Å²) in [6, 6.07) is 10.5. The van der Waals surface area contributed by atoms with Gasteiger partial charge in [-0.1, -0.05) is 13.0 Å². The first-order chi connectivity index (χ1) is 17.1. The zero-order valence-corrected chi connectivity index (χ0v) is 21.1. The van der Waals surface area contributed by atoms with Crippen LogP contribution in [0.5, 0.6) is 5.75 Å². The number of benzene rings is 1. The Kier molecular flexibility index (Phi) is 4.79. The summed E-state index contributed by atoms with van der Waals surface area (Å²) in [6.45, 7) is 3.03. The van der Waals surface area contributed by atoms with Crippen LogP contribution in [0.2, 0.25) is 0 Å². The number of furan rings is 1. The number of fused-ring (bicyclic) bond motifs is 9. The molecule has 4 atom stereocenters. The monoisotopic (exact) mass is 486 g/mol. The maximum absolute atomic E-state index is 13.7. The van der Waals surface area contributed by atoms with E-state index in [2.05, 4.69) is 25.1 Å². The first-order valence-electron chi connectivity index (χ1n) is 12.8. The Morgan fingerprint density at radius 3 is 3.03 bits per heavy atom. The zero-order chi connectivity index (χ0) is 23.7. The first-order valence-corrected chi connectivity index (χ1v) is 13.6. The lowest BCUT2D eigenvalue weighted by Gasteiger charge is -2.49. The molecule has 0 aliphatic heterocycles. The van der Waals surface area contributed by atoms with Crippen LogP contribution < -0.4 is 10.3 Å². The molecule has 3 aliphatic carbocycles. The van der Waals surface area contributed by atoms with Gasteiger partial charge in [0.1, 0.15) is 16.3 Å². The number of nitrogens with zero attached hydrogens (tertiary/aromatic N) is 2. The normalized spacial score (nSPS) is 26.7. The predicted octanol–water partition coefficient (Wildman–Crippen LogP) is 5.87. The van der Waals surface area contributed by atoms with Gasteiger partial charge in [0.25, 0.3) is 5.56 Å². The minimum Gasteiger partial charge on any atom is -0.497 e. The molecule has 0 amide bonds. The number of hydrogen-bond donors (Lipinski definition) is 0. The van der Waals surface area contributed by atoms with Crippen molar-refractivity contribution in [2.75, 3.05) is 7.11 Å². The highest BCUT2D eigenvalue weighted by molar-refractivity contribution is 7.18. The van der Waals surface area contributed by atoms with Crippen molar-refractivity contribution >= 4 is 21.6 Å². The highest BCUT2D eigenvalue weighted by atomic mass is 32.1. The third-order valence-corrected chi connectivity index (χ3v) is 10.4. The Labute approximate surface area is 208 Å². The molecule has 0 unspecified atom stereocenters. The van der Waals surface area contributed by atoms with Crippen LogP contribution in [0.3, 0.4) is 0 Å². The molecule has 7 rings (SSSR count). The van der Waals surface area contributed by atoms with Gasteiger partial charge in [-0.25, -0.2) is 4.98 Å². The molecule has 5 nitrogen and oxygen atoms in total. The molecular formula is C29H30N2O3S. The minimum absolute atomic E-state index is 0.0553. The van der Waals surface area contributed by atoms with Crippen LogP contribution in [0.15, 0.2) is 52.1 Å². The fraction of sp³-hybridized carbons (Fsp3) is 0.448. The van der Waals surface area contributed by atoms with Crippen molar-refractivity contribution in [1.82, 2.24) is 9.55 Å². The van der Waals surface area contributed by atoms with Gasteiger partial charge < -0.3 is 9.15 Å². The topological polar surface area (TPSA) is 57.3 Å². The van der Waals surface area contributed by atoms with E-state index < -0.39 is 0 Å². The second-order valence-corrected chi connectivity index (χ2v) is 11.9. The van der Waals surface area contributed by atoms with Crippen molar-refractivity contribution in [1.29, 1.82) is 0 Å². The molecule has 180 valence electrons. The van der Waals surface area contributed by atoms with E-state index in [0.29, 0.717) is 30.7 Å². The highest BCUT2D eigenvalue weighted by Gasteiger charge is 2.54. The van der Waals surface area contributed by atoms with Crippen molar-refractivity contribution in [2.45, 2.75) is 63.3 Å². The van der Waals surface area contributed by atoms with Gasteiger partial charge in [0, 0.05) is 17.8 Å².